The third kappa shape index (κ3) is 6.51. The molecule has 2 aromatic carbocycles. The molecule has 41 heavy (non-hydrogen) atoms. The molecule has 1 saturated heterocycles. The molecule has 0 unspecified atom stereocenters. The smallest absolute Gasteiger partial charge is 0.366 e. The van der Waals surface area contributed by atoms with Crippen molar-refractivity contribution in [2.75, 3.05) is 44.3 Å². The summed E-state index contributed by atoms with van der Waals surface area (Å²) in [4.78, 5) is 21.4. The normalized spacial score (nSPS) is 14.6. The van der Waals surface area contributed by atoms with E-state index < -0.39 is 17.6 Å². The van der Waals surface area contributed by atoms with Crippen LogP contribution in [0.25, 0.3) is 5.65 Å². The zero-order valence-corrected chi connectivity index (χ0v) is 23.0. The van der Waals surface area contributed by atoms with Gasteiger partial charge in [-0.3, -0.25) is 9.69 Å². The highest BCUT2D eigenvalue weighted by atomic mass is 19.4. The fraction of sp³-hybridized carbons (Fsp3) is 0.300. The van der Waals surface area contributed by atoms with Crippen LogP contribution < -0.4 is 11.1 Å². The van der Waals surface area contributed by atoms with Gasteiger partial charge in [0.1, 0.15) is 0 Å². The predicted molar refractivity (Wildman–Crippen MR) is 151 cm³/mol. The average molecular weight is 562 g/mol. The van der Waals surface area contributed by atoms with Gasteiger partial charge in [-0.15, -0.1) is 5.10 Å². The summed E-state index contributed by atoms with van der Waals surface area (Å²) in [5.74, 6) is 5.85. The van der Waals surface area contributed by atoms with Crippen LogP contribution in [0.5, 0.6) is 0 Å². The molecule has 212 valence electrons. The van der Waals surface area contributed by atoms with Crippen LogP contribution in [-0.4, -0.2) is 63.5 Å². The number of carbonyl (C=O) groups excluding carboxylic acids is 1. The Morgan fingerprint density at radius 2 is 1.73 bits per heavy atom. The first-order valence-electron chi connectivity index (χ1n) is 13.1. The van der Waals surface area contributed by atoms with E-state index in [9.17, 15) is 18.0 Å². The number of halogens is 3. The number of likely N-dealkylation sites (N-methyl/N-ethyl adjacent to an activating group) is 1. The largest absolute Gasteiger partial charge is 0.416 e. The van der Waals surface area contributed by atoms with Gasteiger partial charge in [-0.05, 0) is 67.9 Å². The topological polar surface area (TPSA) is 91.8 Å². The minimum Gasteiger partial charge on any atom is -0.366 e. The maximum atomic E-state index is 14.0. The molecular formula is C30H30F3N7O. The fourth-order valence-electron chi connectivity index (χ4n) is 4.71. The highest BCUT2D eigenvalue weighted by molar-refractivity contribution is 6.04. The van der Waals surface area contributed by atoms with E-state index in [1.54, 1.807) is 28.9 Å². The lowest BCUT2D eigenvalue weighted by molar-refractivity contribution is -0.138. The van der Waals surface area contributed by atoms with Crippen molar-refractivity contribution in [2.45, 2.75) is 26.6 Å². The monoisotopic (exact) mass is 561 g/mol. The van der Waals surface area contributed by atoms with E-state index in [2.05, 4.69) is 32.1 Å². The predicted octanol–water partition coefficient (Wildman–Crippen LogP) is 4.35. The number of benzene rings is 2. The van der Waals surface area contributed by atoms with Gasteiger partial charge in [0.15, 0.2) is 5.65 Å². The SMILES string of the molecule is Cc1ccc(C(=O)Nc2ccc(CN3CCN(C)CC3)c(C(F)(F)F)c2)cc1C#Cc1cn2nc(N)nc2cc1C. The Morgan fingerprint density at radius 1 is 1.00 bits per heavy atom. The lowest BCUT2D eigenvalue weighted by Gasteiger charge is -2.33. The average Bonchev–Trinajstić information content (AvgIpc) is 3.28. The van der Waals surface area contributed by atoms with Crippen LogP contribution >= 0.6 is 0 Å². The zero-order valence-electron chi connectivity index (χ0n) is 23.0. The lowest BCUT2D eigenvalue weighted by atomic mass is 10.0. The van der Waals surface area contributed by atoms with E-state index in [-0.39, 0.29) is 29.3 Å². The summed E-state index contributed by atoms with van der Waals surface area (Å²) in [5.41, 5.74) is 9.17. The third-order valence-electron chi connectivity index (χ3n) is 7.19. The number of hydrogen-bond donors (Lipinski definition) is 2. The number of alkyl halides is 3. The quantitative estimate of drug-likeness (QED) is 0.360. The molecule has 3 N–H and O–H groups in total. The molecule has 8 nitrogen and oxygen atoms in total. The maximum Gasteiger partial charge on any atom is 0.416 e. The zero-order chi connectivity index (χ0) is 29.3. The molecule has 2 aromatic heterocycles. The van der Waals surface area contributed by atoms with E-state index in [0.717, 1.165) is 30.3 Å². The van der Waals surface area contributed by atoms with Gasteiger partial charge in [-0.2, -0.15) is 18.2 Å². The molecule has 0 atom stereocenters. The summed E-state index contributed by atoms with van der Waals surface area (Å²) in [7, 11) is 2.00. The number of amides is 1. The van der Waals surface area contributed by atoms with Gasteiger partial charge in [0.05, 0.1) is 5.56 Å². The number of anilines is 2. The summed E-state index contributed by atoms with van der Waals surface area (Å²) in [6.45, 7) is 7.00. The van der Waals surface area contributed by atoms with Crippen LogP contribution in [0.1, 0.15) is 43.7 Å². The molecule has 1 fully saturated rings. The number of fused-ring (bicyclic) bond motifs is 1. The molecule has 0 radical (unpaired) electrons. The number of rotatable bonds is 4. The number of carbonyl (C=O) groups is 1. The van der Waals surface area contributed by atoms with E-state index in [1.165, 1.54) is 12.1 Å². The van der Waals surface area contributed by atoms with E-state index >= 15 is 0 Å². The second-order valence-electron chi connectivity index (χ2n) is 10.3. The standard InChI is InChI=1S/C30H30F3N7O/c1-19-4-5-22(15-21(19)6-7-23-18-40-27(14-20(23)2)36-29(34)37-40)28(41)35-25-9-8-24(26(16-25)30(31,32)33)17-39-12-10-38(3)11-13-39/h4-5,8-9,14-16,18H,10-13,17H2,1-3H3,(H2,34,37)(H,35,41). The van der Waals surface area contributed by atoms with E-state index in [1.807, 2.05) is 31.9 Å². The molecule has 0 saturated carbocycles. The Bertz CT molecular complexity index is 1680. The molecule has 5 rings (SSSR count). The Labute approximate surface area is 236 Å². The second kappa shape index (κ2) is 11.2. The van der Waals surface area contributed by atoms with Crippen LogP contribution in [0.4, 0.5) is 24.8 Å². The Kier molecular flexibility index (Phi) is 7.71. The molecular weight excluding hydrogens is 531 g/mol. The van der Waals surface area contributed by atoms with Crippen molar-refractivity contribution in [3.05, 3.63) is 87.6 Å². The van der Waals surface area contributed by atoms with Crippen LogP contribution in [0.2, 0.25) is 0 Å². The van der Waals surface area contributed by atoms with Crippen molar-refractivity contribution in [3.8, 4) is 11.8 Å². The van der Waals surface area contributed by atoms with Gasteiger partial charge >= 0.3 is 6.18 Å². The Morgan fingerprint density at radius 3 is 2.46 bits per heavy atom. The first-order valence-corrected chi connectivity index (χ1v) is 13.1. The minimum absolute atomic E-state index is 0.0775. The maximum absolute atomic E-state index is 14.0. The number of piperazine rings is 1. The number of pyridine rings is 1. The Hall–Kier alpha value is -4.40. The lowest BCUT2D eigenvalue weighted by Crippen LogP contribution is -2.44. The van der Waals surface area contributed by atoms with Gasteiger partial charge in [-0.1, -0.05) is 24.0 Å². The number of nitrogens with two attached hydrogens (primary N) is 1. The van der Waals surface area contributed by atoms with Gasteiger partial charge in [0, 0.05) is 61.3 Å². The number of nitrogens with one attached hydrogen (secondary N) is 1. The minimum atomic E-state index is -4.55. The highest BCUT2D eigenvalue weighted by Gasteiger charge is 2.34. The molecule has 1 amide bonds. The van der Waals surface area contributed by atoms with E-state index in [4.69, 9.17) is 5.73 Å². The van der Waals surface area contributed by atoms with Gasteiger partial charge in [-0.25, -0.2) is 4.52 Å². The molecule has 4 aromatic rings. The number of hydrogen-bond acceptors (Lipinski definition) is 6. The Balaban J connectivity index is 1.36. The highest BCUT2D eigenvalue weighted by Crippen LogP contribution is 2.34. The number of aromatic nitrogens is 3. The van der Waals surface area contributed by atoms with Crippen molar-refractivity contribution in [2.24, 2.45) is 0 Å². The summed E-state index contributed by atoms with van der Waals surface area (Å²) in [6.07, 6.45) is -2.81. The molecule has 11 heteroatoms. The molecule has 0 bridgehead atoms. The number of aryl methyl sites for hydroxylation is 2. The van der Waals surface area contributed by atoms with Crippen LogP contribution in [0.15, 0.2) is 48.7 Å². The molecule has 3 heterocycles. The van der Waals surface area contributed by atoms with Crippen molar-refractivity contribution in [1.82, 2.24) is 24.4 Å². The summed E-state index contributed by atoms with van der Waals surface area (Å²) >= 11 is 0. The molecule has 0 spiro atoms. The van der Waals surface area contributed by atoms with Crippen LogP contribution in [0, 0.1) is 25.7 Å². The van der Waals surface area contributed by atoms with Gasteiger partial charge in [0.25, 0.3) is 5.91 Å². The van der Waals surface area contributed by atoms with Crippen LogP contribution in [0.3, 0.4) is 0 Å². The molecule has 0 aliphatic carbocycles. The van der Waals surface area contributed by atoms with E-state index in [0.29, 0.717) is 29.9 Å². The van der Waals surface area contributed by atoms with Crippen LogP contribution in [-0.2, 0) is 12.7 Å². The summed E-state index contributed by atoms with van der Waals surface area (Å²) in [6, 6.07) is 10.8. The first kappa shape index (κ1) is 28.1. The fourth-order valence-corrected chi connectivity index (χ4v) is 4.71. The molecule has 1 aliphatic heterocycles. The summed E-state index contributed by atoms with van der Waals surface area (Å²) in [5, 5.41) is 6.73. The van der Waals surface area contributed by atoms with Crippen molar-refractivity contribution < 1.29 is 18.0 Å². The van der Waals surface area contributed by atoms with Crippen molar-refractivity contribution in [3.63, 3.8) is 0 Å². The second-order valence-corrected chi connectivity index (χ2v) is 10.3. The van der Waals surface area contributed by atoms with Gasteiger partial charge in [0.2, 0.25) is 5.95 Å². The summed E-state index contributed by atoms with van der Waals surface area (Å²) < 4.78 is 43.5. The van der Waals surface area contributed by atoms with Crippen molar-refractivity contribution in [1.29, 1.82) is 0 Å². The van der Waals surface area contributed by atoms with Crippen molar-refractivity contribution >= 4 is 23.2 Å². The number of nitrogen functional groups attached to an aromatic ring is 1. The molecule has 1 aliphatic rings. The first-order chi connectivity index (χ1) is 19.5. The third-order valence-corrected chi connectivity index (χ3v) is 7.19. The van der Waals surface area contributed by atoms with Gasteiger partial charge < -0.3 is 16.0 Å². The number of nitrogens with zero attached hydrogens (tertiary/aromatic N) is 5.